The van der Waals surface area contributed by atoms with Gasteiger partial charge in [0.15, 0.2) is 17.1 Å². The van der Waals surface area contributed by atoms with Crippen molar-refractivity contribution in [1.82, 2.24) is 19.4 Å². The molecule has 2 aromatic carbocycles. The highest BCUT2D eigenvalue weighted by Gasteiger charge is 2.17. The average Bonchev–Trinajstić information content (AvgIpc) is 3.09. The Bertz CT molecular complexity index is 1280. The van der Waals surface area contributed by atoms with Gasteiger partial charge in [-0.1, -0.05) is 24.3 Å². The maximum atomic E-state index is 13.1. The zero-order valence-electron chi connectivity index (χ0n) is 17.2. The van der Waals surface area contributed by atoms with Gasteiger partial charge in [0, 0.05) is 12.7 Å². The van der Waals surface area contributed by atoms with E-state index in [1.165, 1.54) is 9.13 Å². The van der Waals surface area contributed by atoms with E-state index in [0.29, 0.717) is 34.9 Å². The molecule has 0 spiro atoms. The first kappa shape index (κ1) is 20.2. The molecule has 0 saturated carbocycles. The van der Waals surface area contributed by atoms with Crippen LogP contribution in [0.1, 0.15) is 5.56 Å². The van der Waals surface area contributed by atoms with Crippen LogP contribution in [0.5, 0.6) is 11.5 Å². The molecule has 0 aliphatic heterocycles. The second kappa shape index (κ2) is 8.74. The van der Waals surface area contributed by atoms with Crippen LogP contribution in [0.4, 0.5) is 0 Å². The number of fused-ring (bicyclic) bond motifs is 1. The average molecular weight is 418 g/mol. The molecule has 0 saturated heterocycles. The number of para-hydroxylation sites is 1. The molecular formula is C23H22N4O4. The number of carbonyl (C=O) groups is 1. The van der Waals surface area contributed by atoms with Gasteiger partial charge in [-0.2, -0.15) is 0 Å². The van der Waals surface area contributed by atoms with Gasteiger partial charge in [-0.15, -0.1) is 0 Å². The van der Waals surface area contributed by atoms with Crippen molar-refractivity contribution in [2.24, 2.45) is 0 Å². The summed E-state index contributed by atoms with van der Waals surface area (Å²) in [5.41, 5.74) is 2.33. The molecule has 1 amide bonds. The van der Waals surface area contributed by atoms with Gasteiger partial charge in [-0.3, -0.25) is 9.36 Å². The van der Waals surface area contributed by atoms with Crippen molar-refractivity contribution in [3.05, 3.63) is 82.9 Å². The highest BCUT2D eigenvalue weighted by Crippen LogP contribution is 2.27. The molecule has 31 heavy (non-hydrogen) atoms. The third-order valence-electron chi connectivity index (χ3n) is 4.94. The van der Waals surface area contributed by atoms with Crippen LogP contribution in [0.15, 0.2) is 71.7 Å². The van der Waals surface area contributed by atoms with Crippen LogP contribution >= 0.6 is 0 Å². The maximum Gasteiger partial charge on any atom is 0.335 e. The normalized spacial score (nSPS) is 10.8. The minimum atomic E-state index is -0.318. The lowest BCUT2D eigenvalue weighted by atomic mass is 10.2. The predicted molar refractivity (Wildman–Crippen MR) is 117 cm³/mol. The molecule has 2 aromatic heterocycles. The molecule has 0 radical (unpaired) electrons. The molecule has 0 atom stereocenters. The number of ether oxygens (including phenoxy) is 2. The quantitative estimate of drug-likeness (QED) is 0.498. The van der Waals surface area contributed by atoms with Crippen LogP contribution in [-0.4, -0.2) is 34.2 Å². The maximum absolute atomic E-state index is 13.1. The summed E-state index contributed by atoms with van der Waals surface area (Å²) in [5.74, 6) is 0.917. The Balaban J connectivity index is 1.57. The number of rotatable bonds is 7. The van der Waals surface area contributed by atoms with Crippen LogP contribution in [-0.2, 0) is 17.9 Å². The number of carbonyl (C=O) groups excluding carboxylic acids is 1. The minimum Gasteiger partial charge on any atom is -0.493 e. The molecule has 4 aromatic rings. The van der Waals surface area contributed by atoms with Crippen molar-refractivity contribution in [1.29, 1.82) is 0 Å². The lowest BCUT2D eigenvalue weighted by molar-refractivity contribution is -0.121. The van der Waals surface area contributed by atoms with Gasteiger partial charge in [0.2, 0.25) is 5.91 Å². The summed E-state index contributed by atoms with van der Waals surface area (Å²) in [5, 5.41) is 2.85. The number of hydrogen-bond acceptors (Lipinski definition) is 5. The number of pyridine rings is 1. The van der Waals surface area contributed by atoms with E-state index in [4.69, 9.17) is 9.47 Å². The summed E-state index contributed by atoms with van der Waals surface area (Å²) in [6.45, 7) is 0.178. The largest absolute Gasteiger partial charge is 0.493 e. The van der Waals surface area contributed by atoms with E-state index in [1.54, 1.807) is 44.7 Å². The van der Waals surface area contributed by atoms with E-state index in [0.717, 1.165) is 5.56 Å². The second-order valence-corrected chi connectivity index (χ2v) is 6.85. The molecule has 158 valence electrons. The summed E-state index contributed by atoms with van der Waals surface area (Å²) in [6.07, 6.45) is 1.63. The first-order valence-corrected chi connectivity index (χ1v) is 9.71. The van der Waals surface area contributed by atoms with Crippen molar-refractivity contribution in [3.8, 4) is 17.2 Å². The first-order chi connectivity index (χ1) is 15.1. The number of imidazole rings is 1. The van der Waals surface area contributed by atoms with Gasteiger partial charge in [0.1, 0.15) is 6.54 Å². The molecule has 0 aliphatic carbocycles. The lowest BCUT2D eigenvalue weighted by Gasteiger charge is -2.10. The molecule has 0 aliphatic rings. The van der Waals surface area contributed by atoms with E-state index in [9.17, 15) is 9.59 Å². The fraction of sp³-hybridized carbons (Fsp3) is 0.174. The highest BCUT2D eigenvalue weighted by atomic mass is 16.5. The number of nitrogens with zero attached hydrogens (tertiary/aromatic N) is 3. The Labute approximate surface area is 178 Å². The van der Waals surface area contributed by atoms with Crippen LogP contribution in [0.2, 0.25) is 0 Å². The minimum absolute atomic E-state index is 0.117. The van der Waals surface area contributed by atoms with Crippen LogP contribution in [0.3, 0.4) is 0 Å². The van der Waals surface area contributed by atoms with Crippen LogP contribution in [0, 0.1) is 0 Å². The Morgan fingerprint density at radius 3 is 2.52 bits per heavy atom. The molecule has 1 N–H and O–H groups in total. The van der Waals surface area contributed by atoms with Crippen molar-refractivity contribution in [3.63, 3.8) is 0 Å². The molecule has 0 fully saturated rings. The van der Waals surface area contributed by atoms with E-state index in [1.807, 2.05) is 36.4 Å². The standard InChI is InChI=1S/C23H22N4O4/c1-30-19-11-10-16(13-20(19)31-2)14-25-21(28)15-26-18-9-6-12-24-22(18)27(23(26)29)17-7-4-3-5-8-17/h3-13H,14-15H2,1-2H3,(H,25,28). The Morgan fingerprint density at radius 2 is 1.77 bits per heavy atom. The van der Waals surface area contributed by atoms with Gasteiger partial charge in [-0.25, -0.2) is 14.3 Å². The topological polar surface area (TPSA) is 87.4 Å². The third kappa shape index (κ3) is 4.00. The number of aromatic nitrogens is 3. The molecule has 8 heteroatoms. The Kier molecular flexibility index (Phi) is 5.70. The summed E-state index contributed by atoms with van der Waals surface area (Å²) in [4.78, 5) is 30.1. The number of methoxy groups -OCH3 is 2. The van der Waals surface area contributed by atoms with Gasteiger partial charge in [0.25, 0.3) is 0 Å². The number of amides is 1. The highest BCUT2D eigenvalue weighted by molar-refractivity contribution is 5.80. The van der Waals surface area contributed by atoms with E-state index in [-0.39, 0.29) is 18.1 Å². The lowest BCUT2D eigenvalue weighted by Crippen LogP contribution is -2.32. The second-order valence-electron chi connectivity index (χ2n) is 6.85. The Hall–Kier alpha value is -4.07. The van der Waals surface area contributed by atoms with Crippen molar-refractivity contribution in [2.45, 2.75) is 13.1 Å². The van der Waals surface area contributed by atoms with E-state index >= 15 is 0 Å². The van der Waals surface area contributed by atoms with Gasteiger partial charge >= 0.3 is 5.69 Å². The zero-order valence-corrected chi connectivity index (χ0v) is 17.2. The van der Waals surface area contributed by atoms with Crippen LogP contribution < -0.4 is 20.5 Å². The summed E-state index contributed by atoms with van der Waals surface area (Å²) >= 11 is 0. The molecule has 2 heterocycles. The summed E-state index contributed by atoms with van der Waals surface area (Å²) in [6, 6.07) is 18.2. The molecule has 4 rings (SSSR count). The Morgan fingerprint density at radius 1 is 1.00 bits per heavy atom. The zero-order chi connectivity index (χ0) is 21.8. The van der Waals surface area contributed by atoms with Crippen molar-refractivity contribution < 1.29 is 14.3 Å². The van der Waals surface area contributed by atoms with E-state index in [2.05, 4.69) is 10.3 Å². The number of benzene rings is 2. The number of hydrogen-bond donors (Lipinski definition) is 1. The summed E-state index contributed by atoms with van der Waals surface area (Å²) < 4.78 is 13.5. The predicted octanol–water partition coefficient (Wildman–Crippen LogP) is 2.52. The van der Waals surface area contributed by atoms with Crippen molar-refractivity contribution in [2.75, 3.05) is 14.2 Å². The molecule has 0 bridgehead atoms. The van der Waals surface area contributed by atoms with Crippen LogP contribution in [0.25, 0.3) is 16.9 Å². The smallest absolute Gasteiger partial charge is 0.335 e. The fourth-order valence-corrected chi connectivity index (χ4v) is 3.44. The third-order valence-corrected chi connectivity index (χ3v) is 4.94. The molecule has 8 nitrogen and oxygen atoms in total. The molecule has 0 unspecified atom stereocenters. The first-order valence-electron chi connectivity index (χ1n) is 9.71. The van der Waals surface area contributed by atoms with Gasteiger partial charge in [-0.05, 0) is 42.0 Å². The monoisotopic (exact) mass is 418 g/mol. The van der Waals surface area contributed by atoms with Gasteiger partial charge < -0.3 is 14.8 Å². The number of nitrogens with one attached hydrogen (secondary N) is 1. The van der Waals surface area contributed by atoms with Gasteiger partial charge in [0.05, 0.1) is 25.4 Å². The fourth-order valence-electron chi connectivity index (χ4n) is 3.44. The SMILES string of the molecule is COc1ccc(CNC(=O)Cn2c(=O)n(-c3ccccc3)c3ncccc32)cc1OC. The van der Waals surface area contributed by atoms with Crippen molar-refractivity contribution >= 4 is 17.1 Å². The summed E-state index contributed by atoms with van der Waals surface area (Å²) in [7, 11) is 3.13. The van der Waals surface area contributed by atoms with E-state index < -0.39 is 0 Å². The molecular weight excluding hydrogens is 396 g/mol.